The summed E-state index contributed by atoms with van der Waals surface area (Å²) < 4.78 is 4.75. The Bertz CT molecular complexity index is 164. The van der Waals surface area contributed by atoms with E-state index in [4.69, 9.17) is 14.9 Å². The molecule has 0 amide bonds. The number of hydrogen-bond donors (Lipinski definition) is 2. The average molecular weight is 242 g/mol. The number of esters is 1. The van der Waals surface area contributed by atoms with E-state index in [9.17, 15) is 4.79 Å². The Morgan fingerprint density at radius 1 is 1.19 bits per heavy atom. The van der Waals surface area contributed by atoms with Crippen LogP contribution in [0.1, 0.15) is 45.4 Å². The molecule has 16 heavy (non-hydrogen) atoms. The van der Waals surface area contributed by atoms with Crippen LogP contribution < -0.4 is 0 Å². The monoisotopic (exact) mass is 242 g/mol. The van der Waals surface area contributed by atoms with E-state index in [0.29, 0.717) is 6.61 Å². The summed E-state index contributed by atoms with van der Waals surface area (Å²) >= 11 is 0. The minimum absolute atomic E-state index is 0. The quantitative estimate of drug-likeness (QED) is 0.353. The number of aliphatic hydroxyl groups excluding tert-OH is 2. The number of carbonyl (C=O) groups excluding carboxylic acids is 1. The Kier molecular flexibility index (Phi) is 15.8. The number of unbranched alkanes of at least 4 members (excludes halogenated alkanes) is 5. The fourth-order valence-corrected chi connectivity index (χ4v) is 1.23. The number of carbonyl (C=O) groups is 1. The molecule has 0 aliphatic rings. The predicted molar refractivity (Wildman–Crippen MR) is 64.6 cm³/mol. The molecule has 0 aromatic carbocycles. The van der Waals surface area contributed by atoms with Gasteiger partial charge in [0.2, 0.25) is 0 Å². The van der Waals surface area contributed by atoms with Crippen molar-refractivity contribution in [1.82, 2.24) is 0 Å². The van der Waals surface area contributed by atoms with Gasteiger partial charge in [0.25, 0.3) is 0 Å². The molecule has 2 N–H and O–H groups in total. The SMILES string of the molecule is CCCCCCCCOC(=O)C(O)CO.[NaH]. The van der Waals surface area contributed by atoms with Crippen LogP contribution in [-0.2, 0) is 9.53 Å². The Morgan fingerprint density at radius 3 is 2.31 bits per heavy atom. The molecular formula is C11H23NaO4. The molecule has 5 heteroatoms. The van der Waals surface area contributed by atoms with Gasteiger partial charge >= 0.3 is 35.5 Å². The van der Waals surface area contributed by atoms with Gasteiger partial charge in [-0.15, -0.1) is 0 Å². The first kappa shape index (κ1) is 18.7. The van der Waals surface area contributed by atoms with E-state index >= 15 is 0 Å². The Hall–Kier alpha value is 0.390. The second-order valence-corrected chi connectivity index (χ2v) is 3.63. The summed E-state index contributed by atoms with van der Waals surface area (Å²) in [5.74, 6) is -0.731. The molecule has 1 atom stereocenters. The average Bonchev–Trinajstić information content (AvgIpc) is 2.26. The molecule has 0 saturated carbocycles. The molecule has 92 valence electrons. The van der Waals surface area contributed by atoms with Gasteiger partial charge in [0.1, 0.15) is 0 Å². The Balaban J connectivity index is 0. The van der Waals surface area contributed by atoms with Crippen molar-refractivity contribution < 1.29 is 19.7 Å². The van der Waals surface area contributed by atoms with Crippen molar-refractivity contribution in [2.75, 3.05) is 13.2 Å². The Labute approximate surface area is 120 Å². The summed E-state index contributed by atoms with van der Waals surface area (Å²) in [5, 5.41) is 17.3. The summed E-state index contributed by atoms with van der Waals surface area (Å²) in [6.07, 6.45) is 5.35. The van der Waals surface area contributed by atoms with E-state index in [1.165, 1.54) is 19.3 Å². The zero-order valence-corrected chi connectivity index (χ0v) is 9.45. The molecule has 0 rings (SSSR count). The first-order valence-corrected chi connectivity index (χ1v) is 5.68. The van der Waals surface area contributed by atoms with E-state index in [-0.39, 0.29) is 29.6 Å². The molecule has 1 unspecified atom stereocenters. The van der Waals surface area contributed by atoms with Crippen molar-refractivity contribution in [2.24, 2.45) is 0 Å². The van der Waals surface area contributed by atoms with Gasteiger partial charge in [-0.2, -0.15) is 0 Å². The van der Waals surface area contributed by atoms with E-state index in [0.717, 1.165) is 19.3 Å². The van der Waals surface area contributed by atoms with Gasteiger partial charge in [-0.1, -0.05) is 39.0 Å². The van der Waals surface area contributed by atoms with Crippen LogP contribution in [0.25, 0.3) is 0 Å². The molecule has 4 nitrogen and oxygen atoms in total. The maximum atomic E-state index is 10.9. The molecule has 0 aromatic heterocycles. The van der Waals surface area contributed by atoms with Crippen LogP contribution in [0.4, 0.5) is 0 Å². The molecule has 0 heterocycles. The number of rotatable bonds is 9. The fourth-order valence-electron chi connectivity index (χ4n) is 1.23. The normalized spacial score (nSPS) is 11.7. The van der Waals surface area contributed by atoms with Gasteiger partial charge in [0.05, 0.1) is 13.2 Å². The van der Waals surface area contributed by atoms with Crippen molar-refractivity contribution in [1.29, 1.82) is 0 Å². The molecule has 0 spiro atoms. The zero-order chi connectivity index (χ0) is 11.5. The van der Waals surface area contributed by atoms with Crippen LogP contribution >= 0.6 is 0 Å². The second-order valence-electron chi connectivity index (χ2n) is 3.63. The number of aliphatic hydroxyl groups is 2. The van der Waals surface area contributed by atoms with Crippen LogP contribution in [0.2, 0.25) is 0 Å². The number of ether oxygens (including phenoxy) is 1. The van der Waals surface area contributed by atoms with Gasteiger partial charge in [-0.3, -0.25) is 0 Å². The molecule has 0 aliphatic heterocycles. The van der Waals surface area contributed by atoms with E-state index in [1.807, 2.05) is 0 Å². The second kappa shape index (κ2) is 13.5. The summed E-state index contributed by atoms with van der Waals surface area (Å²) in [7, 11) is 0. The molecule has 0 saturated heterocycles. The minimum atomic E-state index is -1.38. The van der Waals surface area contributed by atoms with E-state index in [2.05, 4.69) is 6.92 Å². The van der Waals surface area contributed by atoms with Gasteiger partial charge < -0.3 is 14.9 Å². The predicted octanol–water partition coefficient (Wildman–Crippen LogP) is 0.595. The first-order valence-electron chi connectivity index (χ1n) is 5.68. The number of hydrogen-bond acceptors (Lipinski definition) is 4. The van der Waals surface area contributed by atoms with Crippen LogP contribution in [0.5, 0.6) is 0 Å². The molecule has 0 aromatic rings. The topological polar surface area (TPSA) is 66.8 Å². The molecule has 0 radical (unpaired) electrons. The van der Waals surface area contributed by atoms with Gasteiger partial charge in [0, 0.05) is 0 Å². The molecule has 0 bridgehead atoms. The third-order valence-electron chi connectivity index (χ3n) is 2.19. The fraction of sp³-hybridized carbons (Fsp3) is 0.909. The van der Waals surface area contributed by atoms with Gasteiger partial charge in [-0.25, -0.2) is 4.79 Å². The third-order valence-corrected chi connectivity index (χ3v) is 2.19. The summed E-state index contributed by atoms with van der Waals surface area (Å²) in [6, 6.07) is 0. The van der Waals surface area contributed by atoms with Crippen molar-refractivity contribution >= 4 is 35.5 Å². The Morgan fingerprint density at radius 2 is 1.75 bits per heavy atom. The van der Waals surface area contributed by atoms with Crippen LogP contribution in [0.15, 0.2) is 0 Å². The van der Waals surface area contributed by atoms with E-state index < -0.39 is 18.7 Å². The van der Waals surface area contributed by atoms with Gasteiger partial charge in [0.15, 0.2) is 6.10 Å². The van der Waals surface area contributed by atoms with Crippen LogP contribution in [0.3, 0.4) is 0 Å². The van der Waals surface area contributed by atoms with E-state index in [1.54, 1.807) is 0 Å². The van der Waals surface area contributed by atoms with Crippen LogP contribution in [-0.4, -0.2) is 65.1 Å². The first-order chi connectivity index (χ1) is 7.22. The zero-order valence-electron chi connectivity index (χ0n) is 9.45. The molecule has 0 fully saturated rings. The summed E-state index contributed by atoms with van der Waals surface area (Å²) in [4.78, 5) is 10.9. The summed E-state index contributed by atoms with van der Waals surface area (Å²) in [5.41, 5.74) is 0. The standard InChI is InChI=1S/C11H22O4.Na.H/c1-2-3-4-5-6-7-8-15-11(14)10(13)9-12;;/h10,12-13H,2-9H2,1H3;;. The van der Waals surface area contributed by atoms with Crippen molar-refractivity contribution in [2.45, 2.75) is 51.6 Å². The van der Waals surface area contributed by atoms with Crippen LogP contribution in [0, 0.1) is 0 Å². The third kappa shape index (κ3) is 10.9. The van der Waals surface area contributed by atoms with Crippen molar-refractivity contribution in [3.05, 3.63) is 0 Å². The molecular weight excluding hydrogens is 219 g/mol. The molecule has 0 aliphatic carbocycles. The maximum absolute atomic E-state index is 10.9. The van der Waals surface area contributed by atoms with Crippen molar-refractivity contribution in [3.63, 3.8) is 0 Å². The van der Waals surface area contributed by atoms with Crippen molar-refractivity contribution in [3.8, 4) is 0 Å². The summed E-state index contributed by atoms with van der Waals surface area (Å²) in [6.45, 7) is 1.93. The van der Waals surface area contributed by atoms with Gasteiger partial charge in [-0.05, 0) is 6.42 Å².